The van der Waals surface area contributed by atoms with E-state index in [1.165, 1.54) is 23.1 Å². The number of nitrogens with one attached hydrogen (secondary N) is 2. The molecule has 2 aliphatic rings. The molecule has 0 bridgehead atoms. The van der Waals surface area contributed by atoms with Crippen molar-refractivity contribution < 1.29 is 52.3 Å². The molecule has 0 saturated carbocycles. The smallest absolute Gasteiger partial charge is 0.534 e. The lowest BCUT2D eigenvalue weighted by Gasteiger charge is -2.33. The summed E-state index contributed by atoms with van der Waals surface area (Å²) in [5.41, 5.74) is 0.0104. The number of phenols is 1. The van der Waals surface area contributed by atoms with Gasteiger partial charge >= 0.3 is 30.9 Å². The molecule has 19 heteroatoms. The van der Waals surface area contributed by atoms with E-state index in [2.05, 4.69) is 26.6 Å². The van der Waals surface area contributed by atoms with Crippen molar-refractivity contribution >= 4 is 62.8 Å². The van der Waals surface area contributed by atoms with E-state index < -0.39 is 69.5 Å². The van der Waals surface area contributed by atoms with Crippen LogP contribution in [0.1, 0.15) is 27.5 Å². The number of nitrogens with two attached hydrogens (primary N) is 1. The second-order valence-corrected chi connectivity index (χ2v) is 11.8. The first-order valence-electron chi connectivity index (χ1n) is 12.6. The number of urea groups is 1. The Morgan fingerprint density at radius 2 is 1.88 bits per heavy atom. The number of phenolic OH excluding ortho intramolecular Hbond substituents is 1. The Kier molecular flexibility index (Phi) is 9.28. The van der Waals surface area contributed by atoms with E-state index in [9.17, 15) is 47.6 Å². The fourth-order valence-electron chi connectivity index (χ4n) is 4.62. The molecule has 1 saturated heterocycles. The topological polar surface area (TPSA) is 246 Å². The normalized spacial score (nSPS) is 17.6. The highest BCUT2D eigenvalue weighted by Gasteiger charge is 2.41. The summed E-state index contributed by atoms with van der Waals surface area (Å²) in [6.45, 7) is 0.0719. The van der Waals surface area contributed by atoms with Crippen LogP contribution < -0.4 is 20.4 Å². The van der Waals surface area contributed by atoms with Gasteiger partial charge in [0.15, 0.2) is 0 Å². The van der Waals surface area contributed by atoms with E-state index >= 15 is 0 Å². The molecule has 0 radical (unpaired) electrons. The van der Waals surface area contributed by atoms with Crippen molar-refractivity contribution in [2.24, 2.45) is 5.14 Å². The lowest BCUT2D eigenvalue weighted by molar-refractivity contribution is -0.153. The molecular weight excluding hydrogens is 657 g/mol. The van der Waals surface area contributed by atoms with Crippen LogP contribution in [0.4, 0.5) is 4.79 Å². The molecule has 0 aliphatic carbocycles. The molecule has 5 amide bonds. The molecule has 43 heavy (non-hydrogen) atoms. The summed E-state index contributed by atoms with van der Waals surface area (Å²) in [5, 5.41) is 40.6. The number of carboxylic acid groups (broad SMARTS) is 1. The molecule has 16 nitrogen and oxygen atoms in total. The summed E-state index contributed by atoms with van der Waals surface area (Å²) in [5.74, 6) is -6.42. The van der Waals surface area contributed by atoms with E-state index in [0.29, 0.717) is 15.8 Å². The number of nitrogens with zero attached hydrogens (tertiary/aromatic N) is 2. The van der Waals surface area contributed by atoms with E-state index in [-0.39, 0.29) is 42.9 Å². The third-order valence-corrected chi connectivity index (χ3v) is 8.05. The van der Waals surface area contributed by atoms with Crippen molar-refractivity contribution in [1.82, 2.24) is 20.4 Å². The largest absolute Gasteiger partial charge is 0.547 e. The van der Waals surface area contributed by atoms with Crippen molar-refractivity contribution in [3.8, 4) is 11.5 Å². The Labute approximate surface area is 253 Å². The highest BCUT2D eigenvalue weighted by Crippen LogP contribution is 2.31. The molecule has 2 atom stereocenters. The number of amides is 5. The van der Waals surface area contributed by atoms with Crippen LogP contribution in [0.5, 0.6) is 11.5 Å². The maximum Gasteiger partial charge on any atom is 0.547 e. The molecule has 4 rings (SSSR count). The zero-order valence-electron chi connectivity index (χ0n) is 22.1. The number of para-hydroxylation sites is 1. The number of primary sulfonamides is 1. The van der Waals surface area contributed by atoms with Crippen molar-refractivity contribution in [2.45, 2.75) is 23.3 Å². The molecule has 228 valence electrons. The fourth-order valence-corrected chi connectivity index (χ4v) is 5.66. The van der Waals surface area contributed by atoms with E-state index in [4.69, 9.17) is 9.79 Å². The highest BCUT2D eigenvalue weighted by molar-refractivity contribution is 9.09. The molecule has 2 aromatic carbocycles. The average Bonchev–Trinajstić information content (AvgIpc) is 2.93. The van der Waals surface area contributed by atoms with Crippen molar-refractivity contribution in [2.75, 3.05) is 25.0 Å². The third-order valence-electron chi connectivity index (χ3n) is 6.74. The number of rotatable bonds is 8. The van der Waals surface area contributed by atoms with Gasteiger partial charge in [-0.1, -0.05) is 34.1 Å². The van der Waals surface area contributed by atoms with Crippen molar-refractivity contribution in [3.63, 3.8) is 0 Å². The predicted octanol–water partition coefficient (Wildman–Crippen LogP) is -1.31. The summed E-state index contributed by atoms with van der Waals surface area (Å²) in [6.07, 6.45) is -0.0812. The second-order valence-electron chi connectivity index (χ2n) is 9.52. The summed E-state index contributed by atoms with van der Waals surface area (Å²) in [6, 6.07) is 4.30. The molecule has 0 spiro atoms. The van der Waals surface area contributed by atoms with Gasteiger partial charge in [-0.3, -0.25) is 19.3 Å². The predicted molar refractivity (Wildman–Crippen MR) is 150 cm³/mol. The Balaban J connectivity index is 1.62. The van der Waals surface area contributed by atoms with Crippen LogP contribution >= 0.6 is 15.9 Å². The number of aromatic carboxylic acids is 1. The van der Waals surface area contributed by atoms with Gasteiger partial charge in [-0.15, -0.1) is 0 Å². The van der Waals surface area contributed by atoms with Gasteiger partial charge in [-0.25, -0.2) is 23.1 Å². The maximum atomic E-state index is 13.5. The van der Waals surface area contributed by atoms with Crippen molar-refractivity contribution in [3.05, 3.63) is 53.1 Å². The molecule has 2 aromatic rings. The minimum Gasteiger partial charge on any atom is -0.534 e. The van der Waals surface area contributed by atoms with Gasteiger partial charge in [0.2, 0.25) is 15.9 Å². The molecule has 2 aliphatic heterocycles. The number of sulfonamides is 1. The fraction of sp³-hybridized carbons (Fsp3) is 0.292. The number of benzene rings is 2. The van der Waals surface area contributed by atoms with Gasteiger partial charge in [0.05, 0.1) is 11.5 Å². The van der Waals surface area contributed by atoms with E-state index in [0.717, 1.165) is 18.2 Å². The molecule has 7 N–H and O–H groups in total. The second kappa shape index (κ2) is 12.6. The number of hydrogen-bond acceptors (Lipinski definition) is 10. The number of carbonyl (C=O) groups is 5. The number of piperazine rings is 1. The Hall–Kier alpha value is -4.20. The first-order chi connectivity index (χ1) is 20.2. The minimum atomic E-state index is -4.36. The number of carboxylic acids is 1. The minimum absolute atomic E-state index is 0.0354. The number of imide groups is 1. The summed E-state index contributed by atoms with van der Waals surface area (Å²) in [7, 11) is -6.07. The summed E-state index contributed by atoms with van der Waals surface area (Å²) < 4.78 is 28.9. The lowest BCUT2D eigenvalue weighted by Crippen LogP contribution is -2.60. The van der Waals surface area contributed by atoms with E-state index in [1.807, 2.05) is 0 Å². The van der Waals surface area contributed by atoms with Gasteiger partial charge in [-0.2, -0.15) is 0 Å². The molecule has 2 heterocycles. The molecule has 1 fully saturated rings. The molecular formula is C24H25BBrN5O11S. The Morgan fingerprint density at radius 1 is 1.16 bits per heavy atom. The zero-order valence-corrected chi connectivity index (χ0v) is 24.5. The number of halogens is 1. The van der Waals surface area contributed by atoms with Gasteiger partial charge in [-0.05, 0) is 35.7 Å². The average molecular weight is 682 g/mol. The number of carbonyl (C=O) groups excluding carboxylic acids is 4. The van der Waals surface area contributed by atoms with Gasteiger partial charge in [0, 0.05) is 25.0 Å². The van der Waals surface area contributed by atoms with Crippen LogP contribution in [0.2, 0.25) is 0 Å². The number of aromatic hydroxyl groups is 1. The quantitative estimate of drug-likeness (QED) is 0.108. The van der Waals surface area contributed by atoms with Crippen LogP contribution in [0.15, 0.2) is 41.3 Å². The highest BCUT2D eigenvalue weighted by atomic mass is 79.9. The van der Waals surface area contributed by atoms with Crippen molar-refractivity contribution in [1.29, 1.82) is 0 Å². The van der Waals surface area contributed by atoms with Gasteiger partial charge in [0.25, 0.3) is 0 Å². The summed E-state index contributed by atoms with van der Waals surface area (Å²) >= 11 is 3.18. The lowest BCUT2D eigenvalue weighted by atomic mass is 9.72. The van der Waals surface area contributed by atoms with E-state index in [1.54, 1.807) is 0 Å². The van der Waals surface area contributed by atoms with Crippen LogP contribution in [0, 0.1) is 0 Å². The summed E-state index contributed by atoms with van der Waals surface area (Å²) in [4.78, 5) is 64.5. The Morgan fingerprint density at radius 3 is 2.51 bits per heavy atom. The van der Waals surface area contributed by atoms with Crippen LogP contribution in [0.25, 0.3) is 0 Å². The SMILES string of the molecule is NS(=O)(=O)c1ccc([C@H](NC(=O)N2CCN(CCBr)C(=O)C2=O)C(=O)N[C@H]2Cc3cccc(C(=O)O)c3OB2O)cc1O. The van der Waals surface area contributed by atoms with Gasteiger partial charge in [0.1, 0.15) is 22.4 Å². The van der Waals surface area contributed by atoms with Crippen LogP contribution in [0.3, 0.4) is 0 Å². The third kappa shape index (κ3) is 6.74. The number of fused-ring (bicyclic) bond motifs is 1. The zero-order chi connectivity index (χ0) is 31.6. The van der Waals surface area contributed by atoms with Crippen LogP contribution in [-0.4, -0.2) is 101 Å². The standard InChI is InChI=1S/C24H25BBrN5O11S/c26-6-7-30-8-9-31(22(35)21(30)34)24(38)29-18(12-4-5-16(15(32)10-12)43(27,40)41)20(33)28-17-11-13-2-1-3-14(23(36)37)19(13)42-25(17)39/h1-5,10,17-18,32,39H,6-9,11H2,(H,28,33)(H,29,38)(H,36,37)(H2,27,40,41)/t17-,18-/m0/s1. The maximum absolute atomic E-state index is 13.5. The first-order valence-corrected chi connectivity index (χ1v) is 15.2. The molecule has 0 unspecified atom stereocenters. The monoisotopic (exact) mass is 681 g/mol. The van der Waals surface area contributed by atoms with Crippen LogP contribution in [-0.2, 0) is 30.8 Å². The number of alkyl halides is 1. The Bertz CT molecular complexity index is 1610. The number of hydrogen-bond donors (Lipinski definition) is 6. The first kappa shape index (κ1) is 31.7. The van der Waals surface area contributed by atoms with Gasteiger partial charge < -0.3 is 35.4 Å². The molecule has 0 aromatic heterocycles.